The molecule has 2 aromatic rings. The second-order valence-corrected chi connectivity index (χ2v) is 7.09. The van der Waals surface area contributed by atoms with E-state index in [9.17, 15) is 14.4 Å². The first-order valence-corrected chi connectivity index (χ1v) is 9.97. The molecule has 0 bridgehead atoms. The lowest BCUT2D eigenvalue weighted by Crippen LogP contribution is -2.47. The van der Waals surface area contributed by atoms with Crippen LogP contribution in [-0.4, -0.2) is 29.1 Å². The van der Waals surface area contributed by atoms with E-state index in [0.717, 1.165) is 5.69 Å². The second-order valence-electron chi connectivity index (χ2n) is 6.65. The highest BCUT2D eigenvalue weighted by Crippen LogP contribution is 2.15. The summed E-state index contributed by atoms with van der Waals surface area (Å²) in [5, 5.41) is 17.3. The normalized spacial score (nSPS) is 11.3. The number of anilines is 2. The average molecular weight is 433 g/mol. The minimum atomic E-state index is -0.910. The van der Waals surface area contributed by atoms with Gasteiger partial charge in [0.2, 0.25) is 5.91 Å². The van der Waals surface area contributed by atoms with Crippen molar-refractivity contribution in [2.45, 2.75) is 38.1 Å². The third kappa shape index (κ3) is 8.50. The van der Waals surface area contributed by atoms with Crippen molar-refractivity contribution in [2.75, 3.05) is 10.6 Å². The number of halogens is 1. The molecule has 0 heterocycles. The van der Waals surface area contributed by atoms with Crippen molar-refractivity contribution >= 4 is 40.8 Å². The van der Waals surface area contributed by atoms with E-state index in [1.165, 1.54) is 0 Å². The van der Waals surface area contributed by atoms with Gasteiger partial charge in [0.1, 0.15) is 6.04 Å². The molecule has 9 heteroatoms. The highest BCUT2D eigenvalue weighted by atomic mass is 35.5. The average Bonchev–Trinajstić information content (AvgIpc) is 2.72. The number of hydrogen-bond donors (Lipinski definition) is 5. The van der Waals surface area contributed by atoms with Crippen LogP contribution in [0, 0.1) is 0 Å². The van der Waals surface area contributed by atoms with Gasteiger partial charge < -0.3 is 16.0 Å². The van der Waals surface area contributed by atoms with Gasteiger partial charge in [-0.05, 0) is 43.2 Å². The van der Waals surface area contributed by atoms with E-state index in [4.69, 9.17) is 16.8 Å². The fourth-order valence-corrected chi connectivity index (χ4v) is 2.98. The van der Waals surface area contributed by atoms with E-state index in [1.54, 1.807) is 29.7 Å². The standard InChI is InChI=1S/C21H25ClN4O4/c22-15-8-7-11-17(14-15)24-21(29)25-18(20(28)26-30)12-5-2-6-13-19(27)23-16-9-3-1-4-10-16/h1,3-4,7-11,14,18,30H,2,5-6,12-13H2,(H,23,27)(H,26,28)(H2,24,25,29)/t18-/m0/s1. The van der Waals surface area contributed by atoms with Crippen molar-refractivity contribution < 1.29 is 19.6 Å². The third-order valence-electron chi connectivity index (χ3n) is 4.27. The van der Waals surface area contributed by atoms with Gasteiger partial charge in [0.25, 0.3) is 5.91 Å². The van der Waals surface area contributed by atoms with E-state index >= 15 is 0 Å². The van der Waals surface area contributed by atoms with Crippen LogP contribution in [0.3, 0.4) is 0 Å². The van der Waals surface area contributed by atoms with E-state index in [0.29, 0.717) is 42.8 Å². The van der Waals surface area contributed by atoms with Gasteiger partial charge in [-0.2, -0.15) is 0 Å². The molecule has 0 spiro atoms. The van der Waals surface area contributed by atoms with Gasteiger partial charge in [-0.25, -0.2) is 10.3 Å². The number of rotatable bonds is 10. The molecule has 1 atom stereocenters. The van der Waals surface area contributed by atoms with Gasteiger partial charge in [0.15, 0.2) is 0 Å². The Morgan fingerprint density at radius 3 is 2.33 bits per heavy atom. The first-order chi connectivity index (χ1) is 14.5. The fraction of sp³-hybridized carbons (Fsp3) is 0.286. The molecule has 0 unspecified atom stereocenters. The molecular weight excluding hydrogens is 408 g/mol. The van der Waals surface area contributed by atoms with Gasteiger partial charge in [-0.15, -0.1) is 0 Å². The Hall–Kier alpha value is -3.10. The Bertz CT molecular complexity index is 848. The second kappa shape index (κ2) is 12.5. The molecule has 0 aromatic heterocycles. The molecule has 0 fully saturated rings. The van der Waals surface area contributed by atoms with Crippen LogP contribution >= 0.6 is 11.6 Å². The molecule has 4 amide bonds. The molecule has 5 N–H and O–H groups in total. The third-order valence-corrected chi connectivity index (χ3v) is 4.50. The summed E-state index contributed by atoms with van der Waals surface area (Å²) in [6.45, 7) is 0. The predicted molar refractivity (Wildman–Crippen MR) is 115 cm³/mol. The summed E-state index contributed by atoms with van der Waals surface area (Å²) in [5.41, 5.74) is 2.79. The van der Waals surface area contributed by atoms with Crippen molar-refractivity contribution in [2.24, 2.45) is 0 Å². The smallest absolute Gasteiger partial charge is 0.319 e. The molecule has 8 nitrogen and oxygen atoms in total. The lowest BCUT2D eigenvalue weighted by Gasteiger charge is -2.17. The SMILES string of the molecule is O=C(CCCCC[C@H](NC(=O)Nc1cccc(Cl)c1)C(=O)NO)Nc1ccccc1. The number of unbranched alkanes of at least 4 members (excludes halogenated alkanes) is 2. The lowest BCUT2D eigenvalue weighted by molar-refractivity contribution is -0.131. The minimum absolute atomic E-state index is 0.0788. The van der Waals surface area contributed by atoms with E-state index < -0.39 is 18.0 Å². The Morgan fingerprint density at radius 1 is 0.900 bits per heavy atom. The number of carbonyl (C=O) groups excluding carboxylic acids is 3. The number of para-hydroxylation sites is 1. The topological polar surface area (TPSA) is 120 Å². The van der Waals surface area contributed by atoms with Gasteiger partial charge in [0, 0.05) is 22.8 Å². The molecule has 2 aromatic carbocycles. The van der Waals surface area contributed by atoms with Crippen LogP contribution < -0.4 is 21.4 Å². The van der Waals surface area contributed by atoms with Crippen molar-refractivity contribution in [3.05, 3.63) is 59.6 Å². The number of amides is 4. The van der Waals surface area contributed by atoms with Gasteiger partial charge >= 0.3 is 6.03 Å². The summed E-state index contributed by atoms with van der Waals surface area (Å²) in [6, 6.07) is 14.3. The zero-order valence-electron chi connectivity index (χ0n) is 16.4. The monoisotopic (exact) mass is 432 g/mol. The number of carbonyl (C=O) groups is 3. The first kappa shape index (κ1) is 23.2. The quantitative estimate of drug-likeness (QED) is 0.222. The zero-order chi connectivity index (χ0) is 21.8. The maximum absolute atomic E-state index is 12.1. The molecular formula is C21H25ClN4O4. The summed E-state index contributed by atoms with van der Waals surface area (Å²) in [4.78, 5) is 35.9. The number of hydrogen-bond acceptors (Lipinski definition) is 4. The van der Waals surface area contributed by atoms with Crippen molar-refractivity contribution in [3.63, 3.8) is 0 Å². The van der Waals surface area contributed by atoms with Gasteiger partial charge in [-0.1, -0.05) is 48.7 Å². The number of urea groups is 1. The number of nitrogens with one attached hydrogen (secondary N) is 4. The predicted octanol–water partition coefficient (Wildman–Crippen LogP) is 3.92. The van der Waals surface area contributed by atoms with Crippen LogP contribution in [0.2, 0.25) is 5.02 Å². The Kier molecular flexibility index (Phi) is 9.63. The first-order valence-electron chi connectivity index (χ1n) is 9.60. The van der Waals surface area contributed by atoms with Crippen molar-refractivity contribution in [1.29, 1.82) is 0 Å². The molecule has 0 saturated carbocycles. The Balaban J connectivity index is 1.72. The van der Waals surface area contributed by atoms with Crippen LogP contribution in [0.5, 0.6) is 0 Å². The van der Waals surface area contributed by atoms with Crippen LogP contribution in [-0.2, 0) is 9.59 Å². The van der Waals surface area contributed by atoms with E-state index in [1.807, 2.05) is 30.3 Å². The molecule has 0 aliphatic heterocycles. The summed E-state index contributed by atoms with van der Waals surface area (Å²) in [7, 11) is 0. The Morgan fingerprint density at radius 2 is 1.63 bits per heavy atom. The molecule has 2 rings (SSSR count). The molecule has 160 valence electrons. The lowest BCUT2D eigenvalue weighted by atomic mass is 10.1. The van der Waals surface area contributed by atoms with Crippen molar-refractivity contribution in [1.82, 2.24) is 10.8 Å². The maximum Gasteiger partial charge on any atom is 0.319 e. The number of hydroxylamine groups is 1. The summed E-state index contributed by atoms with van der Waals surface area (Å²) in [5.74, 6) is -0.789. The van der Waals surface area contributed by atoms with E-state index in [-0.39, 0.29) is 5.91 Å². The number of benzene rings is 2. The Labute approximate surface area is 180 Å². The minimum Gasteiger partial charge on any atom is -0.326 e. The largest absolute Gasteiger partial charge is 0.326 e. The van der Waals surface area contributed by atoms with Crippen LogP contribution in [0.1, 0.15) is 32.1 Å². The fourth-order valence-electron chi connectivity index (χ4n) is 2.79. The van der Waals surface area contributed by atoms with Gasteiger partial charge in [-0.3, -0.25) is 14.8 Å². The summed E-state index contributed by atoms with van der Waals surface area (Å²) in [6.07, 6.45) is 2.59. The van der Waals surface area contributed by atoms with Crippen LogP contribution in [0.15, 0.2) is 54.6 Å². The molecule has 0 radical (unpaired) electrons. The molecule has 0 saturated heterocycles. The highest BCUT2D eigenvalue weighted by Gasteiger charge is 2.20. The van der Waals surface area contributed by atoms with Crippen LogP contribution in [0.25, 0.3) is 0 Å². The summed E-state index contributed by atoms with van der Waals surface area (Å²) < 4.78 is 0. The highest BCUT2D eigenvalue weighted by molar-refractivity contribution is 6.30. The van der Waals surface area contributed by atoms with Crippen LogP contribution in [0.4, 0.5) is 16.2 Å². The maximum atomic E-state index is 12.1. The molecule has 30 heavy (non-hydrogen) atoms. The van der Waals surface area contributed by atoms with Gasteiger partial charge in [0.05, 0.1) is 0 Å². The van der Waals surface area contributed by atoms with E-state index in [2.05, 4.69) is 16.0 Å². The molecule has 0 aliphatic carbocycles. The molecule has 0 aliphatic rings. The van der Waals surface area contributed by atoms with Crippen molar-refractivity contribution in [3.8, 4) is 0 Å². The summed E-state index contributed by atoms with van der Waals surface area (Å²) >= 11 is 5.88. The zero-order valence-corrected chi connectivity index (χ0v) is 17.1.